The largest absolute Gasteiger partial charge is 0.417 e. The average molecular weight is 422 g/mol. The fourth-order valence-electron chi connectivity index (χ4n) is 3.64. The van der Waals surface area contributed by atoms with Crippen LogP contribution in [0.5, 0.6) is 0 Å². The number of allylic oxidation sites excluding steroid dienone is 1. The van der Waals surface area contributed by atoms with Gasteiger partial charge in [-0.25, -0.2) is 4.98 Å². The number of rotatable bonds is 7. The molecule has 3 N–H and O–H groups in total. The van der Waals surface area contributed by atoms with Crippen LogP contribution in [0.4, 0.5) is 24.7 Å². The van der Waals surface area contributed by atoms with E-state index in [4.69, 9.17) is 0 Å². The summed E-state index contributed by atoms with van der Waals surface area (Å²) in [4.78, 5) is 6.48. The highest BCUT2D eigenvalue weighted by Crippen LogP contribution is 2.38. The molecule has 1 aromatic heterocycles. The minimum atomic E-state index is -4.57. The number of fused-ring (bicyclic) bond motifs is 1. The maximum atomic E-state index is 13.4. The van der Waals surface area contributed by atoms with Gasteiger partial charge in [0.25, 0.3) is 0 Å². The number of aliphatic hydroxyl groups is 1. The number of aliphatic hydroxyl groups excluding tert-OH is 1. The molecule has 0 unspecified atom stereocenters. The molecule has 8 heteroatoms. The topological polar surface area (TPSA) is 60.4 Å². The number of hydrogen-bond donors (Lipinski definition) is 3. The number of piperidine rings is 1. The summed E-state index contributed by atoms with van der Waals surface area (Å²) in [5.41, 5.74) is -0.353. The van der Waals surface area contributed by atoms with Gasteiger partial charge in [-0.15, -0.1) is 0 Å². The average Bonchev–Trinajstić information content (AvgIpc) is 2.68. The molecule has 5 nitrogen and oxygen atoms in total. The van der Waals surface area contributed by atoms with Crippen LogP contribution in [-0.2, 0) is 0 Å². The molecule has 0 radical (unpaired) electrons. The van der Waals surface area contributed by atoms with Crippen LogP contribution in [-0.4, -0.2) is 60.0 Å². The van der Waals surface area contributed by atoms with E-state index in [1.54, 1.807) is 25.1 Å². The van der Waals surface area contributed by atoms with Crippen molar-refractivity contribution in [1.82, 2.24) is 9.88 Å². The van der Waals surface area contributed by atoms with Crippen LogP contribution >= 0.6 is 0 Å². The minimum Gasteiger partial charge on any atom is -0.393 e. The summed E-state index contributed by atoms with van der Waals surface area (Å²) in [5, 5.41) is 17.1. The summed E-state index contributed by atoms with van der Waals surface area (Å²) < 4.78 is 40.3. The first kappa shape index (κ1) is 22.4. The zero-order valence-corrected chi connectivity index (χ0v) is 17.4. The summed E-state index contributed by atoms with van der Waals surface area (Å²) in [5.74, 6) is 0.334. The van der Waals surface area contributed by atoms with E-state index in [-0.39, 0.29) is 11.7 Å². The van der Waals surface area contributed by atoms with Crippen molar-refractivity contribution in [2.75, 3.05) is 37.3 Å². The van der Waals surface area contributed by atoms with Crippen LogP contribution in [0, 0.1) is 0 Å². The van der Waals surface area contributed by atoms with Gasteiger partial charge in [-0.05, 0) is 58.5 Å². The standard InChI is InChI=1S/C22H29F3N4O/c1-14(30)7-10-26-20-13-18-17(21(28-20)15(2)22(23,24)25)5-4-6-19(18)27-16-8-11-29(3)12-9-16/h4-6,13-14,16,27,30H,2,7-12H2,1,3H3,(H,26,28)/t14-/m1/s1. The summed E-state index contributed by atoms with van der Waals surface area (Å²) in [7, 11) is 2.08. The van der Waals surface area contributed by atoms with Gasteiger partial charge in [0.05, 0.1) is 17.4 Å². The molecule has 1 aromatic carbocycles. The first-order valence-corrected chi connectivity index (χ1v) is 10.2. The molecule has 0 saturated carbocycles. The van der Waals surface area contributed by atoms with Gasteiger partial charge in [-0.2, -0.15) is 13.2 Å². The van der Waals surface area contributed by atoms with Crippen molar-refractivity contribution in [2.24, 2.45) is 0 Å². The Morgan fingerprint density at radius 1 is 1.30 bits per heavy atom. The third kappa shape index (κ3) is 5.43. The number of likely N-dealkylation sites (tertiary alicyclic amines) is 1. The van der Waals surface area contributed by atoms with Gasteiger partial charge in [0.1, 0.15) is 5.82 Å². The molecule has 1 atom stereocenters. The molecule has 3 rings (SSSR count). The zero-order valence-electron chi connectivity index (χ0n) is 17.4. The molecule has 1 aliphatic heterocycles. The molecule has 0 amide bonds. The van der Waals surface area contributed by atoms with Gasteiger partial charge in [0.2, 0.25) is 0 Å². The monoisotopic (exact) mass is 422 g/mol. The molecule has 1 saturated heterocycles. The molecule has 1 fully saturated rings. The van der Waals surface area contributed by atoms with Gasteiger partial charge >= 0.3 is 6.18 Å². The Morgan fingerprint density at radius 2 is 2.00 bits per heavy atom. The maximum absolute atomic E-state index is 13.4. The van der Waals surface area contributed by atoms with E-state index in [1.807, 2.05) is 6.07 Å². The van der Waals surface area contributed by atoms with Crippen molar-refractivity contribution >= 4 is 27.9 Å². The van der Waals surface area contributed by atoms with E-state index in [0.717, 1.165) is 31.6 Å². The Bertz CT molecular complexity index is 890. The number of halogens is 3. The lowest BCUT2D eigenvalue weighted by molar-refractivity contribution is -0.0688. The molecule has 0 spiro atoms. The fourth-order valence-corrected chi connectivity index (χ4v) is 3.64. The number of benzene rings is 1. The van der Waals surface area contributed by atoms with Gasteiger partial charge in [-0.1, -0.05) is 18.7 Å². The molecule has 30 heavy (non-hydrogen) atoms. The van der Waals surface area contributed by atoms with Gasteiger partial charge in [-0.3, -0.25) is 0 Å². The van der Waals surface area contributed by atoms with E-state index in [9.17, 15) is 18.3 Å². The number of pyridine rings is 1. The zero-order chi connectivity index (χ0) is 21.9. The van der Waals surface area contributed by atoms with Gasteiger partial charge < -0.3 is 20.6 Å². The smallest absolute Gasteiger partial charge is 0.393 e. The van der Waals surface area contributed by atoms with E-state index >= 15 is 0 Å². The van der Waals surface area contributed by atoms with Gasteiger partial charge in [0, 0.05) is 29.0 Å². The second-order valence-electron chi connectivity index (χ2n) is 8.02. The Morgan fingerprint density at radius 3 is 2.63 bits per heavy atom. The van der Waals surface area contributed by atoms with Crippen molar-refractivity contribution in [3.63, 3.8) is 0 Å². The van der Waals surface area contributed by atoms with Crippen LogP contribution < -0.4 is 10.6 Å². The maximum Gasteiger partial charge on any atom is 0.417 e. The fraction of sp³-hybridized carbons (Fsp3) is 0.500. The number of aromatic nitrogens is 1. The number of alkyl halides is 3. The summed E-state index contributed by atoms with van der Waals surface area (Å²) in [6, 6.07) is 7.31. The van der Waals surface area contributed by atoms with Crippen molar-refractivity contribution in [1.29, 1.82) is 0 Å². The molecular formula is C22H29F3N4O. The lowest BCUT2D eigenvalue weighted by atomic mass is 10.0. The van der Waals surface area contributed by atoms with Crippen molar-refractivity contribution in [3.05, 3.63) is 36.5 Å². The normalized spacial score (nSPS) is 17.1. The van der Waals surface area contributed by atoms with E-state index < -0.39 is 17.9 Å². The number of hydrogen-bond acceptors (Lipinski definition) is 5. The molecule has 0 aliphatic carbocycles. The molecule has 164 valence electrons. The predicted octanol–water partition coefficient (Wildman–Crippen LogP) is 4.50. The Hall–Kier alpha value is -2.32. The highest BCUT2D eigenvalue weighted by molar-refractivity contribution is 6.01. The second-order valence-corrected chi connectivity index (χ2v) is 8.02. The lowest BCUT2D eigenvalue weighted by Gasteiger charge is -2.30. The Labute approximate surface area is 175 Å². The molecule has 2 heterocycles. The van der Waals surface area contributed by atoms with Crippen molar-refractivity contribution < 1.29 is 18.3 Å². The Balaban J connectivity index is 1.99. The molecule has 0 bridgehead atoms. The molecule has 2 aromatic rings. The number of anilines is 2. The van der Waals surface area contributed by atoms with Crippen LogP contribution in [0.25, 0.3) is 16.3 Å². The summed E-state index contributed by atoms with van der Waals surface area (Å²) >= 11 is 0. The van der Waals surface area contributed by atoms with Crippen LogP contribution in [0.2, 0.25) is 0 Å². The van der Waals surface area contributed by atoms with Gasteiger partial charge in [0.15, 0.2) is 0 Å². The minimum absolute atomic E-state index is 0.174. The lowest BCUT2D eigenvalue weighted by Crippen LogP contribution is -2.36. The summed E-state index contributed by atoms with van der Waals surface area (Å²) in [6.07, 6.45) is -2.68. The first-order valence-electron chi connectivity index (χ1n) is 10.2. The third-order valence-corrected chi connectivity index (χ3v) is 5.45. The second kappa shape index (κ2) is 9.22. The van der Waals surface area contributed by atoms with Crippen molar-refractivity contribution in [3.8, 4) is 0 Å². The van der Waals surface area contributed by atoms with Crippen LogP contribution in [0.3, 0.4) is 0 Å². The highest BCUT2D eigenvalue weighted by atomic mass is 19.4. The molecule has 1 aliphatic rings. The third-order valence-electron chi connectivity index (χ3n) is 5.45. The predicted molar refractivity (Wildman–Crippen MR) is 116 cm³/mol. The SMILES string of the molecule is C=C(c1nc(NCC[C@@H](C)O)cc2c(NC3CCN(C)CC3)cccc12)C(F)(F)F. The van der Waals surface area contributed by atoms with E-state index in [2.05, 4.69) is 34.1 Å². The van der Waals surface area contributed by atoms with E-state index in [1.165, 1.54) is 0 Å². The van der Waals surface area contributed by atoms with Crippen LogP contribution in [0.15, 0.2) is 30.8 Å². The number of nitrogens with one attached hydrogen (secondary N) is 2. The van der Waals surface area contributed by atoms with Crippen LogP contribution in [0.1, 0.15) is 31.9 Å². The van der Waals surface area contributed by atoms with E-state index in [0.29, 0.717) is 29.6 Å². The number of nitrogens with zero attached hydrogens (tertiary/aromatic N) is 2. The molecular weight excluding hydrogens is 393 g/mol. The quantitative estimate of drug-likeness (QED) is 0.613. The van der Waals surface area contributed by atoms with Crippen molar-refractivity contribution in [2.45, 2.75) is 44.5 Å². The first-order chi connectivity index (χ1) is 14.1. The Kier molecular flexibility index (Phi) is 6.88. The summed E-state index contributed by atoms with van der Waals surface area (Å²) in [6.45, 7) is 7.29. The highest BCUT2D eigenvalue weighted by Gasteiger charge is 2.35.